The fourth-order valence-corrected chi connectivity index (χ4v) is 5.40. The largest absolute Gasteiger partial charge is 0.489 e. The number of carbonyl (C=O) groups is 1. The number of anilines is 1. The molecule has 208 valence electrons. The second kappa shape index (κ2) is 12.6. The zero-order chi connectivity index (χ0) is 28.2. The number of ether oxygens (including phenoxy) is 2. The van der Waals surface area contributed by atoms with E-state index < -0.39 is 6.04 Å². The van der Waals surface area contributed by atoms with Gasteiger partial charge in [-0.3, -0.25) is 0 Å². The van der Waals surface area contributed by atoms with Gasteiger partial charge in [0.05, 0.1) is 12.2 Å². The molecule has 3 aromatic rings. The molecule has 1 aromatic heterocycles. The van der Waals surface area contributed by atoms with E-state index in [1.165, 1.54) is 5.56 Å². The van der Waals surface area contributed by atoms with E-state index in [9.17, 15) is 4.79 Å². The van der Waals surface area contributed by atoms with Crippen LogP contribution < -0.4 is 10.1 Å². The molecule has 2 heterocycles. The highest BCUT2D eigenvalue weighted by molar-refractivity contribution is 9.10. The fourth-order valence-electron chi connectivity index (χ4n) is 4.34. The van der Waals surface area contributed by atoms with Crippen molar-refractivity contribution in [3.8, 4) is 5.75 Å². The number of fused-ring (bicyclic) bond motifs is 1. The highest BCUT2D eigenvalue weighted by atomic mass is 79.9. The lowest BCUT2D eigenvalue weighted by atomic mass is 9.87. The summed E-state index contributed by atoms with van der Waals surface area (Å²) in [4.78, 5) is 18.1. The lowest BCUT2D eigenvalue weighted by molar-refractivity contribution is -0.139. The molecule has 1 aliphatic rings. The van der Waals surface area contributed by atoms with Crippen LogP contribution in [0.15, 0.2) is 63.4 Å². The van der Waals surface area contributed by atoms with Crippen LogP contribution in [-0.4, -0.2) is 33.1 Å². The van der Waals surface area contributed by atoms with Crippen molar-refractivity contribution in [1.29, 1.82) is 0 Å². The minimum absolute atomic E-state index is 0.0873. The van der Waals surface area contributed by atoms with Crippen molar-refractivity contribution in [2.75, 3.05) is 17.7 Å². The third-order valence-electron chi connectivity index (χ3n) is 6.41. The van der Waals surface area contributed by atoms with Gasteiger partial charge in [-0.15, -0.1) is 5.10 Å². The summed E-state index contributed by atoms with van der Waals surface area (Å²) in [5.41, 5.74) is 4.41. The molecule has 1 aliphatic heterocycles. The predicted octanol–water partition coefficient (Wildman–Crippen LogP) is 7.66. The summed E-state index contributed by atoms with van der Waals surface area (Å²) >= 11 is 5.22. The molecule has 4 rings (SSSR count). The Morgan fingerprint density at radius 3 is 2.54 bits per heavy atom. The Kier molecular flexibility index (Phi) is 9.43. The number of halogens is 1. The first-order chi connectivity index (χ1) is 18.6. The average Bonchev–Trinajstić information content (AvgIpc) is 3.31. The van der Waals surface area contributed by atoms with Crippen LogP contribution >= 0.6 is 27.7 Å². The summed E-state index contributed by atoms with van der Waals surface area (Å²) in [6.45, 7) is 13.3. The van der Waals surface area contributed by atoms with Gasteiger partial charge in [-0.25, -0.2) is 9.48 Å². The predicted molar refractivity (Wildman–Crippen MR) is 160 cm³/mol. The molecular weight excluding hydrogens is 576 g/mol. The monoisotopic (exact) mass is 612 g/mol. The zero-order valence-electron chi connectivity index (χ0n) is 23.5. The Morgan fingerprint density at radius 1 is 1.13 bits per heavy atom. The molecule has 9 heteroatoms. The second-order valence-electron chi connectivity index (χ2n) is 10.6. The number of nitrogens with one attached hydrogen (secondary N) is 1. The number of esters is 1. The summed E-state index contributed by atoms with van der Waals surface area (Å²) in [5.74, 6) is 1.79. The molecule has 0 saturated heterocycles. The SMILES string of the molecule is CCCOC(=O)C1=C(C)Nc2nc(SCCC)nn2C1c1cc(Br)ccc1OCc1ccc(C(C)(C)C)cc1. The van der Waals surface area contributed by atoms with E-state index in [0.717, 1.165) is 34.2 Å². The highest BCUT2D eigenvalue weighted by Gasteiger charge is 2.37. The van der Waals surface area contributed by atoms with Crippen LogP contribution in [0, 0.1) is 0 Å². The van der Waals surface area contributed by atoms with Gasteiger partial charge < -0.3 is 14.8 Å². The van der Waals surface area contributed by atoms with Crippen molar-refractivity contribution in [1.82, 2.24) is 14.8 Å². The van der Waals surface area contributed by atoms with Gasteiger partial charge in [0, 0.05) is 21.5 Å². The number of hydrogen-bond acceptors (Lipinski definition) is 7. The topological polar surface area (TPSA) is 78.3 Å². The first-order valence-corrected chi connectivity index (χ1v) is 15.2. The lowest BCUT2D eigenvalue weighted by Gasteiger charge is -2.29. The average molecular weight is 614 g/mol. The maximum Gasteiger partial charge on any atom is 0.338 e. The third-order valence-corrected chi connectivity index (χ3v) is 7.94. The molecule has 0 saturated carbocycles. The minimum Gasteiger partial charge on any atom is -0.489 e. The van der Waals surface area contributed by atoms with Crippen molar-refractivity contribution in [2.24, 2.45) is 0 Å². The number of carbonyl (C=O) groups excluding carboxylic acids is 1. The van der Waals surface area contributed by atoms with Gasteiger partial charge in [0.15, 0.2) is 0 Å². The Morgan fingerprint density at radius 2 is 1.87 bits per heavy atom. The highest BCUT2D eigenvalue weighted by Crippen LogP contribution is 2.41. The Labute approximate surface area is 243 Å². The summed E-state index contributed by atoms with van der Waals surface area (Å²) in [6, 6.07) is 13.8. The molecule has 0 amide bonds. The molecule has 1 N–H and O–H groups in total. The van der Waals surface area contributed by atoms with Crippen LogP contribution in [0.1, 0.15) is 77.1 Å². The number of nitrogens with zero attached hydrogens (tertiary/aromatic N) is 3. The number of allylic oxidation sites excluding steroid dienone is 1. The smallest absolute Gasteiger partial charge is 0.338 e. The van der Waals surface area contributed by atoms with Gasteiger partial charge in [-0.05, 0) is 54.5 Å². The van der Waals surface area contributed by atoms with Crippen molar-refractivity contribution in [2.45, 2.75) is 77.6 Å². The molecular formula is C30H37BrN4O3S. The number of hydrogen-bond donors (Lipinski definition) is 1. The van der Waals surface area contributed by atoms with Crippen molar-refractivity contribution >= 4 is 39.6 Å². The van der Waals surface area contributed by atoms with Crippen LogP contribution in [0.3, 0.4) is 0 Å². The van der Waals surface area contributed by atoms with Gasteiger partial charge in [0.1, 0.15) is 18.4 Å². The van der Waals surface area contributed by atoms with Gasteiger partial charge in [0.2, 0.25) is 11.1 Å². The van der Waals surface area contributed by atoms with E-state index in [4.69, 9.17) is 19.6 Å². The van der Waals surface area contributed by atoms with Gasteiger partial charge in [-0.2, -0.15) is 4.98 Å². The molecule has 7 nitrogen and oxygen atoms in total. The summed E-state index contributed by atoms with van der Waals surface area (Å²) in [6.07, 6.45) is 1.75. The van der Waals surface area contributed by atoms with E-state index in [0.29, 0.717) is 41.3 Å². The standard InChI is InChI=1S/C30H37BrN4O3S/c1-7-15-37-27(36)25-19(3)32-28-33-29(39-16-8-2)34-35(28)26(25)23-17-22(31)13-14-24(23)38-18-20-9-11-21(12-10-20)30(4,5)6/h9-14,17,26H,7-8,15-16,18H2,1-6H3,(H,32,33,34). The third kappa shape index (κ3) is 6.87. The van der Waals surface area contributed by atoms with E-state index in [1.54, 1.807) is 16.4 Å². The van der Waals surface area contributed by atoms with E-state index in [-0.39, 0.29) is 11.4 Å². The minimum atomic E-state index is -0.565. The quantitative estimate of drug-likeness (QED) is 0.186. The molecule has 39 heavy (non-hydrogen) atoms. The molecule has 0 bridgehead atoms. The van der Waals surface area contributed by atoms with Gasteiger partial charge >= 0.3 is 5.97 Å². The van der Waals surface area contributed by atoms with E-state index in [2.05, 4.69) is 73.2 Å². The van der Waals surface area contributed by atoms with Crippen LogP contribution in [0.4, 0.5) is 5.95 Å². The van der Waals surface area contributed by atoms with Crippen molar-refractivity contribution in [3.63, 3.8) is 0 Å². The molecule has 0 spiro atoms. The van der Waals surface area contributed by atoms with Crippen LogP contribution in [0.25, 0.3) is 0 Å². The zero-order valence-corrected chi connectivity index (χ0v) is 25.9. The molecule has 1 unspecified atom stereocenters. The number of rotatable bonds is 10. The van der Waals surface area contributed by atoms with Gasteiger partial charge in [0.25, 0.3) is 0 Å². The number of aromatic nitrogens is 3. The molecule has 0 radical (unpaired) electrons. The molecule has 0 fully saturated rings. The molecule has 0 aliphatic carbocycles. The normalized spacial score (nSPS) is 15.1. The fraction of sp³-hybridized carbons (Fsp3) is 0.433. The molecule has 2 aromatic carbocycles. The maximum absolute atomic E-state index is 13.4. The first-order valence-electron chi connectivity index (χ1n) is 13.4. The first kappa shape index (κ1) is 29.2. The number of benzene rings is 2. The Bertz CT molecular complexity index is 1350. The van der Waals surface area contributed by atoms with Crippen molar-refractivity contribution < 1.29 is 14.3 Å². The van der Waals surface area contributed by atoms with E-state index >= 15 is 0 Å². The Hall–Kier alpha value is -2.78. The van der Waals surface area contributed by atoms with Crippen LogP contribution in [0.2, 0.25) is 0 Å². The summed E-state index contributed by atoms with van der Waals surface area (Å²) in [7, 11) is 0. The summed E-state index contributed by atoms with van der Waals surface area (Å²) < 4.78 is 14.7. The maximum atomic E-state index is 13.4. The number of thioether (sulfide) groups is 1. The Balaban J connectivity index is 1.73. The molecule has 1 atom stereocenters. The van der Waals surface area contributed by atoms with Crippen molar-refractivity contribution in [3.05, 3.63) is 74.9 Å². The van der Waals surface area contributed by atoms with Gasteiger partial charge in [-0.1, -0.05) is 86.6 Å². The second-order valence-corrected chi connectivity index (χ2v) is 12.6. The lowest BCUT2D eigenvalue weighted by Crippen LogP contribution is -2.30. The van der Waals surface area contributed by atoms with E-state index in [1.807, 2.05) is 32.0 Å². The summed E-state index contributed by atoms with van der Waals surface area (Å²) in [5, 5.41) is 8.75. The van der Waals surface area contributed by atoms with Crippen LogP contribution in [0.5, 0.6) is 5.75 Å². The van der Waals surface area contributed by atoms with Crippen LogP contribution in [-0.2, 0) is 21.6 Å².